The Morgan fingerprint density at radius 3 is 3.06 bits per heavy atom. The number of nitriles is 1. The van der Waals surface area contributed by atoms with Gasteiger partial charge in [0, 0.05) is 25.3 Å². The lowest BCUT2D eigenvalue weighted by Gasteiger charge is -2.31. The molecule has 0 saturated carbocycles. The van der Waals surface area contributed by atoms with Crippen molar-refractivity contribution in [3.63, 3.8) is 0 Å². The maximum absolute atomic E-state index is 11.1. The fourth-order valence-electron chi connectivity index (χ4n) is 2.15. The van der Waals surface area contributed by atoms with E-state index in [4.69, 9.17) is 11.0 Å². The summed E-state index contributed by atoms with van der Waals surface area (Å²) in [7, 11) is 0. The monoisotopic (exact) mass is 247 g/mol. The molecule has 1 aliphatic rings. The van der Waals surface area contributed by atoms with E-state index in [1.165, 1.54) is 12.3 Å². The van der Waals surface area contributed by atoms with Gasteiger partial charge in [-0.25, -0.2) is 4.98 Å². The van der Waals surface area contributed by atoms with Crippen molar-refractivity contribution in [3.8, 4) is 6.07 Å². The number of aromatic nitrogens is 1. The van der Waals surface area contributed by atoms with Crippen molar-refractivity contribution in [1.82, 2.24) is 4.98 Å². The number of pyridine rings is 1. The van der Waals surface area contributed by atoms with Gasteiger partial charge in [0.15, 0.2) is 0 Å². The lowest BCUT2D eigenvalue weighted by Crippen LogP contribution is -2.43. The van der Waals surface area contributed by atoms with E-state index in [-0.39, 0.29) is 23.1 Å². The van der Waals surface area contributed by atoms with Crippen molar-refractivity contribution in [2.75, 3.05) is 18.0 Å². The number of hydrogen-bond acceptors (Lipinski definition) is 6. The predicted octanol–water partition coefficient (Wildman–Crippen LogP) is 0.789. The number of nitrogens with zero attached hydrogens (tertiary/aromatic N) is 4. The summed E-state index contributed by atoms with van der Waals surface area (Å²) in [5, 5.41) is 20.0. The maximum atomic E-state index is 11.1. The lowest BCUT2D eigenvalue weighted by atomic mass is 10.1. The Balaban J connectivity index is 2.44. The molecule has 1 atom stereocenters. The second-order valence-electron chi connectivity index (χ2n) is 4.25. The minimum Gasteiger partial charge on any atom is -0.349 e. The van der Waals surface area contributed by atoms with Crippen LogP contribution >= 0.6 is 0 Å². The van der Waals surface area contributed by atoms with Crippen molar-refractivity contribution in [2.24, 2.45) is 5.73 Å². The van der Waals surface area contributed by atoms with E-state index in [0.29, 0.717) is 13.1 Å². The molecule has 2 N–H and O–H groups in total. The Labute approximate surface area is 104 Å². The van der Waals surface area contributed by atoms with Crippen LogP contribution in [0.5, 0.6) is 0 Å². The van der Waals surface area contributed by atoms with Gasteiger partial charge in [0.2, 0.25) is 5.82 Å². The molecule has 7 nitrogen and oxygen atoms in total. The third-order valence-electron chi connectivity index (χ3n) is 2.97. The van der Waals surface area contributed by atoms with Crippen molar-refractivity contribution >= 4 is 11.5 Å². The summed E-state index contributed by atoms with van der Waals surface area (Å²) in [5.74, 6) is 0.245. The van der Waals surface area contributed by atoms with E-state index in [2.05, 4.69) is 4.98 Å². The molecule has 2 rings (SSSR count). The first-order chi connectivity index (χ1) is 8.63. The van der Waals surface area contributed by atoms with Crippen LogP contribution in [-0.2, 0) is 0 Å². The molecule has 0 aliphatic carbocycles. The van der Waals surface area contributed by atoms with Crippen molar-refractivity contribution in [3.05, 3.63) is 27.9 Å². The summed E-state index contributed by atoms with van der Waals surface area (Å²) in [5.41, 5.74) is 5.66. The van der Waals surface area contributed by atoms with Gasteiger partial charge < -0.3 is 10.6 Å². The molecule has 2 heterocycles. The number of nitro groups is 1. The molecule has 0 spiro atoms. The fourth-order valence-corrected chi connectivity index (χ4v) is 2.15. The van der Waals surface area contributed by atoms with Crippen LogP contribution in [0.25, 0.3) is 0 Å². The first-order valence-electron chi connectivity index (χ1n) is 5.67. The number of rotatable bonds is 2. The van der Waals surface area contributed by atoms with Gasteiger partial charge >= 0.3 is 5.69 Å². The number of piperidine rings is 1. The highest BCUT2D eigenvalue weighted by molar-refractivity contribution is 5.65. The average Bonchev–Trinajstić information content (AvgIpc) is 2.37. The van der Waals surface area contributed by atoms with Crippen molar-refractivity contribution in [2.45, 2.75) is 18.9 Å². The minimum absolute atomic E-state index is 0.00843. The van der Waals surface area contributed by atoms with Gasteiger partial charge in [0.1, 0.15) is 11.6 Å². The van der Waals surface area contributed by atoms with Crippen LogP contribution in [-0.4, -0.2) is 29.0 Å². The molecular formula is C11H13N5O2. The molecule has 1 aromatic rings. The summed E-state index contributed by atoms with van der Waals surface area (Å²) >= 11 is 0. The summed E-state index contributed by atoms with van der Waals surface area (Å²) in [4.78, 5) is 16.4. The van der Waals surface area contributed by atoms with Gasteiger partial charge in [-0.1, -0.05) is 0 Å². The molecule has 1 saturated heterocycles. The normalized spacial score (nSPS) is 19.3. The van der Waals surface area contributed by atoms with Crippen LogP contribution in [0, 0.1) is 21.4 Å². The smallest absolute Gasteiger partial charge is 0.329 e. The van der Waals surface area contributed by atoms with Crippen LogP contribution in [0.2, 0.25) is 0 Å². The first kappa shape index (κ1) is 12.3. The van der Waals surface area contributed by atoms with Crippen LogP contribution in [0.15, 0.2) is 12.3 Å². The molecule has 1 aliphatic heterocycles. The number of hydrogen-bond donors (Lipinski definition) is 1. The fraction of sp³-hybridized carbons (Fsp3) is 0.455. The molecule has 0 amide bonds. The van der Waals surface area contributed by atoms with E-state index in [1.54, 1.807) is 4.90 Å². The largest absolute Gasteiger partial charge is 0.349 e. The van der Waals surface area contributed by atoms with E-state index in [0.717, 1.165) is 12.8 Å². The third-order valence-corrected chi connectivity index (χ3v) is 2.97. The Hall–Kier alpha value is -2.20. The first-order valence-corrected chi connectivity index (χ1v) is 5.67. The van der Waals surface area contributed by atoms with Gasteiger partial charge in [0.25, 0.3) is 0 Å². The second-order valence-corrected chi connectivity index (χ2v) is 4.25. The van der Waals surface area contributed by atoms with Gasteiger partial charge in [-0.05, 0) is 18.9 Å². The van der Waals surface area contributed by atoms with Crippen LogP contribution in [0.3, 0.4) is 0 Å². The Kier molecular flexibility index (Phi) is 3.39. The van der Waals surface area contributed by atoms with Gasteiger partial charge in [-0.2, -0.15) is 5.26 Å². The van der Waals surface area contributed by atoms with Crippen LogP contribution < -0.4 is 10.6 Å². The van der Waals surface area contributed by atoms with E-state index in [9.17, 15) is 10.1 Å². The molecule has 7 heteroatoms. The zero-order chi connectivity index (χ0) is 13.1. The number of anilines is 1. The molecule has 0 unspecified atom stereocenters. The van der Waals surface area contributed by atoms with Crippen molar-refractivity contribution in [1.29, 1.82) is 5.26 Å². The van der Waals surface area contributed by atoms with Gasteiger partial charge in [-0.3, -0.25) is 10.1 Å². The predicted molar refractivity (Wildman–Crippen MR) is 65.0 cm³/mol. The van der Waals surface area contributed by atoms with Crippen LogP contribution in [0.1, 0.15) is 18.4 Å². The Bertz CT molecular complexity index is 511. The highest BCUT2D eigenvalue weighted by Crippen LogP contribution is 2.30. The lowest BCUT2D eigenvalue weighted by molar-refractivity contribution is -0.384. The number of nitrogens with two attached hydrogens (primary N) is 1. The molecule has 0 aromatic carbocycles. The highest BCUT2D eigenvalue weighted by atomic mass is 16.6. The molecule has 1 aromatic heterocycles. The molecular weight excluding hydrogens is 234 g/mol. The van der Waals surface area contributed by atoms with E-state index < -0.39 is 4.92 Å². The SMILES string of the molecule is N#Cc1ccnc(N2CCC[C@@H](N)C2)c1[N+](=O)[O-]. The average molecular weight is 247 g/mol. The highest BCUT2D eigenvalue weighted by Gasteiger charge is 2.28. The van der Waals surface area contributed by atoms with Gasteiger partial charge in [0.05, 0.1) is 4.92 Å². The zero-order valence-corrected chi connectivity index (χ0v) is 9.74. The maximum Gasteiger partial charge on any atom is 0.329 e. The minimum atomic E-state index is -0.555. The standard InChI is InChI=1S/C11H13N5O2/c12-6-8-3-4-14-11(10(8)16(17)18)15-5-1-2-9(13)7-15/h3-4,9H,1-2,5,7,13H2/t9-/m1/s1. The third kappa shape index (κ3) is 2.24. The quantitative estimate of drug-likeness (QED) is 0.611. The van der Waals surface area contributed by atoms with Gasteiger partial charge in [-0.15, -0.1) is 0 Å². The molecule has 0 bridgehead atoms. The molecule has 0 radical (unpaired) electrons. The molecule has 18 heavy (non-hydrogen) atoms. The van der Waals surface area contributed by atoms with Crippen LogP contribution in [0.4, 0.5) is 11.5 Å². The zero-order valence-electron chi connectivity index (χ0n) is 9.74. The second kappa shape index (κ2) is 4.98. The molecule has 1 fully saturated rings. The van der Waals surface area contributed by atoms with E-state index in [1.807, 2.05) is 6.07 Å². The summed E-state index contributed by atoms with van der Waals surface area (Å²) in [6.07, 6.45) is 3.19. The van der Waals surface area contributed by atoms with Crippen molar-refractivity contribution < 1.29 is 4.92 Å². The molecule has 94 valence electrons. The summed E-state index contributed by atoms with van der Waals surface area (Å²) < 4.78 is 0. The summed E-state index contributed by atoms with van der Waals surface area (Å²) in [6.45, 7) is 1.21. The Morgan fingerprint density at radius 2 is 2.44 bits per heavy atom. The summed E-state index contributed by atoms with van der Waals surface area (Å²) in [6, 6.07) is 3.17. The van der Waals surface area contributed by atoms with E-state index >= 15 is 0 Å². The Morgan fingerprint density at radius 1 is 1.67 bits per heavy atom. The topological polar surface area (TPSA) is 109 Å².